The lowest BCUT2D eigenvalue weighted by Crippen LogP contribution is -2.34. The number of cyclic esters (lactones) is 1. The number of carbonyl (C=O) groups is 1. The fraction of sp³-hybridized carbons (Fsp3) is 0.263. The van der Waals surface area contributed by atoms with E-state index >= 15 is 0 Å². The standard InChI is InChI=1S/C19H18FN5O4S/c1-27-18(30)21-8-14-10-25(19(26)29-14)13-3-4-15(16(20)7-13)17-23-12(11-28-17)9-24-6-2-5-22-24/h2-7,11,14H,8-10H2,1H3,(H,21,30)/t14-/m0/s1. The van der Waals surface area contributed by atoms with Crippen molar-refractivity contribution in [1.82, 2.24) is 20.1 Å². The van der Waals surface area contributed by atoms with E-state index in [2.05, 4.69) is 15.4 Å². The number of nitrogens with zero attached hydrogens (tertiary/aromatic N) is 4. The first-order valence-electron chi connectivity index (χ1n) is 9.05. The number of halogens is 1. The van der Waals surface area contributed by atoms with Crippen molar-refractivity contribution in [2.75, 3.05) is 25.1 Å². The van der Waals surface area contributed by atoms with Gasteiger partial charge >= 0.3 is 6.09 Å². The van der Waals surface area contributed by atoms with Crippen LogP contribution in [0.1, 0.15) is 5.69 Å². The van der Waals surface area contributed by atoms with Gasteiger partial charge < -0.3 is 19.2 Å². The molecule has 0 spiro atoms. The molecule has 0 aliphatic carbocycles. The highest BCUT2D eigenvalue weighted by Crippen LogP contribution is 2.28. The van der Waals surface area contributed by atoms with Crippen LogP contribution in [0.4, 0.5) is 14.9 Å². The minimum Gasteiger partial charge on any atom is -0.474 e. The summed E-state index contributed by atoms with van der Waals surface area (Å²) in [5.74, 6) is -0.407. The number of methoxy groups -OCH3 is 1. The molecular weight excluding hydrogens is 413 g/mol. The van der Waals surface area contributed by atoms with Gasteiger partial charge in [0, 0.05) is 12.4 Å². The van der Waals surface area contributed by atoms with E-state index in [1.165, 1.54) is 30.4 Å². The topological polar surface area (TPSA) is 94.6 Å². The van der Waals surface area contributed by atoms with Crippen LogP contribution in [0.3, 0.4) is 0 Å². The Morgan fingerprint density at radius 2 is 2.33 bits per heavy atom. The first-order chi connectivity index (χ1) is 14.5. The van der Waals surface area contributed by atoms with Crippen LogP contribution in [0, 0.1) is 5.82 Å². The van der Waals surface area contributed by atoms with Gasteiger partial charge in [0.2, 0.25) is 5.89 Å². The van der Waals surface area contributed by atoms with Crippen LogP contribution in [0.25, 0.3) is 11.5 Å². The molecule has 9 nitrogen and oxygen atoms in total. The van der Waals surface area contributed by atoms with Gasteiger partial charge in [0.15, 0.2) is 0 Å². The van der Waals surface area contributed by atoms with Crippen LogP contribution in [0.15, 0.2) is 47.3 Å². The van der Waals surface area contributed by atoms with Gasteiger partial charge in [-0.2, -0.15) is 5.10 Å². The Labute approximate surface area is 176 Å². The molecular formula is C19H18FN5O4S. The fourth-order valence-corrected chi connectivity index (χ4v) is 3.10. The largest absolute Gasteiger partial charge is 0.474 e. The number of ether oxygens (including phenoxy) is 2. The van der Waals surface area contributed by atoms with E-state index in [1.807, 2.05) is 0 Å². The Hall–Kier alpha value is -3.47. The van der Waals surface area contributed by atoms with E-state index in [9.17, 15) is 9.18 Å². The average molecular weight is 431 g/mol. The lowest BCUT2D eigenvalue weighted by atomic mass is 10.1. The van der Waals surface area contributed by atoms with Crippen molar-refractivity contribution in [3.63, 3.8) is 0 Å². The van der Waals surface area contributed by atoms with Crippen molar-refractivity contribution in [3.8, 4) is 11.5 Å². The van der Waals surface area contributed by atoms with Crippen LogP contribution in [-0.2, 0) is 16.0 Å². The minimum absolute atomic E-state index is 0.153. The van der Waals surface area contributed by atoms with Gasteiger partial charge in [-0.15, -0.1) is 0 Å². The van der Waals surface area contributed by atoms with E-state index in [0.29, 0.717) is 24.5 Å². The molecule has 11 heteroatoms. The van der Waals surface area contributed by atoms with Gasteiger partial charge in [0.25, 0.3) is 5.17 Å². The van der Waals surface area contributed by atoms with Crippen LogP contribution >= 0.6 is 12.2 Å². The van der Waals surface area contributed by atoms with Crippen LogP contribution in [0.5, 0.6) is 0 Å². The number of aromatic nitrogens is 3. The first kappa shape index (κ1) is 19.8. The number of benzene rings is 1. The number of amides is 1. The highest BCUT2D eigenvalue weighted by molar-refractivity contribution is 7.80. The third-order valence-electron chi connectivity index (χ3n) is 4.46. The summed E-state index contributed by atoms with van der Waals surface area (Å²) in [6.07, 6.45) is 3.92. The molecule has 2 aromatic heterocycles. The second-order valence-corrected chi connectivity index (χ2v) is 6.87. The molecule has 1 aliphatic heterocycles. The second-order valence-electron chi connectivity index (χ2n) is 6.50. The number of hydrogen-bond acceptors (Lipinski definition) is 7. The zero-order chi connectivity index (χ0) is 21.1. The zero-order valence-corrected chi connectivity index (χ0v) is 16.8. The summed E-state index contributed by atoms with van der Waals surface area (Å²) in [5.41, 5.74) is 1.19. The van der Waals surface area contributed by atoms with Crippen molar-refractivity contribution in [1.29, 1.82) is 0 Å². The molecule has 156 valence electrons. The Bertz CT molecular complexity index is 1060. The average Bonchev–Trinajstić information content (AvgIpc) is 3.48. The Morgan fingerprint density at radius 1 is 1.47 bits per heavy atom. The van der Waals surface area contributed by atoms with Gasteiger partial charge in [0.1, 0.15) is 23.9 Å². The maximum absolute atomic E-state index is 14.8. The molecule has 30 heavy (non-hydrogen) atoms. The quantitative estimate of drug-likeness (QED) is 0.595. The molecule has 0 bridgehead atoms. The molecule has 0 unspecified atom stereocenters. The van der Waals surface area contributed by atoms with Crippen molar-refractivity contribution >= 4 is 29.2 Å². The molecule has 3 heterocycles. The van der Waals surface area contributed by atoms with Crippen LogP contribution in [0.2, 0.25) is 0 Å². The number of rotatable bonds is 6. The number of oxazole rings is 1. The normalized spacial score (nSPS) is 15.9. The van der Waals surface area contributed by atoms with E-state index in [4.69, 9.17) is 26.1 Å². The number of anilines is 1. The third-order valence-corrected chi connectivity index (χ3v) is 4.77. The molecule has 1 fully saturated rings. The number of hydrogen-bond donors (Lipinski definition) is 1. The summed E-state index contributed by atoms with van der Waals surface area (Å²) in [5, 5.41) is 7.14. The minimum atomic E-state index is -0.560. The molecule has 0 radical (unpaired) electrons. The van der Waals surface area contributed by atoms with E-state index in [1.54, 1.807) is 29.2 Å². The molecule has 4 rings (SSSR count). The van der Waals surface area contributed by atoms with Crippen molar-refractivity contribution < 1.29 is 23.1 Å². The maximum atomic E-state index is 14.8. The SMILES string of the molecule is COC(=S)NC[C@H]1CN(c2ccc(-c3nc(Cn4cccn4)co3)c(F)c2)C(=O)O1. The molecule has 1 aliphatic rings. The summed E-state index contributed by atoms with van der Waals surface area (Å²) < 4.78 is 32.0. The van der Waals surface area contributed by atoms with Gasteiger partial charge in [-0.1, -0.05) is 0 Å². The fourth-order valence-electron chi connectivity index (χ4n) is 3.02. The van der Waals surface area contributed by atoms with Crippen LogP contribution in [-0.4, -0.2) is 52.3 Å². The van der Waals surface area contributed by atoms with E-state index in [0.717, 1.165) is 0 Å². The molecule has 1 N–H and O–H groups in total. The Balaban J connectivity index is 1.45. The van der Waals surface area contributed by atoms with E-state index in [-0.39, 0.29) is 23.2 Å². The van der Waals surface area contributed by atoms with Crippen LogP contribution < -0.4 is 10.2 Å². The van der Waals surface area contributed by atoms with Gasteiger partial charge in [-0.05, 0) is 36.5 Å². The summed E-state index contributed by atoms with van der Waals surface area (Å²) in [6, 6.07) is 6.19. The first-order valence-corrected chi connectivity index (χ1v) is 9.46. The number of carbonyl (C=O) groups excluding carboxylic acids is 1. The highest BCUT2D eigenvalue weighted by atomic mass is 32.1. The lowest BCUT2D eigenvalue weighted by molar-refractivity contribution is 0.142. The number of thiocarbonyl (C=S) groups is 1. The maximum Gasteiger partial charge on any atom is 0.414 e. The number of nitrogens with one attached hydrogen (secondary N) is 1. The lowest BCUT2D eigenvalue weighted by Gasteiger charge is -2.14. The molecule has 0 saturated carbocycles. The Morgan fingerprint density at radius 3 is 3.07 bits per heavy atom. The van der Waals surface area contributed by atoms with E-state index < -0.39 is 18.0 Å². The molecule has 1 atom stereocenters. The molecule has 1 aromatic carbocycles. The summed E-state index contributed by atoms with van der Waals surface area (Å²) in [7, 11) is 1.45. The molecule has 1 amide bonds. The van der Waals surface area contributed by atoms with Gasteiger partial charge in [-0.3, -0.25) is 9.58 Å². The van der Waals surface area contributed by atoms with Crippen molar-refractivity contribution in [3.05, 3.63) is 54.4 Å². The second kappa shape index (κ2) is 8.49. The van der Waals surface area contributed by atoms with Gasteiger partial charge in [0.05, 0.1) is 38.0 Å². The molecule has 1 saturated heterocycles. The smallest absolute Gasteiger partial charge is 0.414 e. The zero-order valence-electron chi connectivity index (χ0n) is 15.9. The summed E-state index contributed by atoms with van der Waals surface area (Å²) in [4.78, 5) is 17.8. The molecule has 3 aromatic rings. The predicted octanol–water partition coefficient (Wildman–Crippen LogP) is 2.57. The Kier molecular flexibility index (Phi) is 5.61. The van der Waals surface area contributed by atoms with Crippen molar-refractivity contribution in [2.45, 2.75) is 12.6 Å². The van der Waals surface area contributed by atoms with Crippen molar-refractivity contribution in [2.24, 2.45) is 0 Å². The summed E-state index contributed by atoms with van der Waals surface area (Å²) in [6.45, 7) is 0.965. The monoisotopic (exact) mass is 431 g/mol. The summed E-state index contributed by atoms with van der Waals surface area (Å²) >= 11 is 4.90. The highest BCUT2D eigenvalue weighted by Gasteiger charge is 2.33. The van der Waals surface area contributed by atoms with Gasteiger partial charge in [-0.25, -0.2) is 14.2 Å². The predicted molar refractivity (Wildman–Crippen MR) is 108 cm³/mol. The third kappa shape index (κ3) is 4.25.